The zero-order valence-corrected chi connectivity index (χ0v) is 10.9. The summed E-state index contributed by atoms with van der Waals surface area (Å²) in [6.07, 6.45) is 0.360. The average Bonchev–Trinajstić information content (AvgIpc) is 2.28. The molecule has 0 amide bonds. The molecule has 1 rings (SSSR count). The summed E-state index contributed by atoms with van der Waals surface area (Å²) in [4.78, 5) is 10.5. The highest BCUT2D eigenvalue weighted by molar-refractivity contribution is 5.46. The zero-order chi connectivity index (χ0) is 13.7. The van der Waals surface area contributed by atoms with E-state index >= 15 is 0 Å². The lowest BCUT2D eigenvalue weighted by molar-refractivity contribution is -0.385. The van der Waals surface area contributed by atoms with Crippen LogP contribution in [0.5, 0.6) is 5.75 Å². The minimum Gasteiger partial charge on any atom is -0.497 e. The first-order valence-corrected chi connectivity index (χ1v) is 5.93. The highest BCUT2D eigenvalue weighted by atomic mass is 16.6. The van der Waals surface area contributed by atoms with Crippen LogP contribution in [0.15, 0.2) is 18.2 Å². The second kappa shape index (κ2) is 6.35. The molecule has 0 radical (unpaired) electrons. The fraction of sp³-hybridized carbons (Fsp3) is 0.538. The molecule has 0 aliphatic rings. The standard InChI is InChI=1S/C13H19NO4/c1-9(2)6-11(15)7-10-4-5-12(18-3)8-13(10)14(16)17/h4-5,8-9,11,15H,6-7H2,1-3H3. The molecule has 0 aliphatic carbocycles. The lowest BCUT2D eigenvalue weighted by Gasteiger charge is -2.13. The predicted molar refractivity (Wildman–Crippen MR) is 68.8 cm³/mol. The maximum Gasteiger partial charge on any atom is 0.276 e. The molecule has 1 aromatic carbocycles. The number of hydrogen-bond acceptors (Lipinski definition) is 4. The first kappa shape index (κ1) is 14.4. The van der Waals surface area contributed by atoms with Gasteiger partial charge in [-0.2, -0.15) is 0 Å². The van der Waals surface area contributed by atoms with Crippen LogP contribution in [0.2, 0.25) is 0 Å². The van der Waals surface area contributed by atoms with E-state index in [-0.39, 0.29) is 5.69 Å². The number of ether oxygens (including phenoxy) is 1. The number of nitrogens with zero attached hydrogens (tertiary/aromatic N) is 1. The zero-order valence-electron chi connectivity index (χ0n) is 10.9. The van der Waals surface area contributed by atoms with E-state index < -0.39 is 11.0 Å². The third-order valence-corrected chi connectivity index (χ3v) is 2.69. The van der Waals surface area contributed by atoms with E-state index in [4.69, 9.17) is 4.74 Å². The van der Waals surface area contributed by atoms with Crippen molar-refractivity contribution >= 4 is 5.69 Å². The van der Waals surface area contributed by atoms with Crippen LogP contribution in [0, 0.1) is 16.0 Å². The number of benzene rings is 1. The van der Waals surface area contributed by atoms with E-state index in [2.05, 4.69) is 0 Å². The van der Waals surface area contributed by atoms with Crippen LogP contribution in [0.4, 0.5) is 5.69 Å². The second-order valence-electron chi connectivity index (χ2n) is 4.74. The van der Waals surface area contributed by atoms with Crippen LogP contribution in [0.3, 0.4) is 0 Å². The maximum absolute atomic E-state index is 11.0. The van der Waals surface area contributed by atoms with Crippen LogP contribution in [0.25, 0.3) is 0 Å². The molecule has 0 saturated heterocycles. The van der Waals surface area contributed by atoms with Gasteiger partial charge in [-0.05, 0) is 24.5 Å². The number of rotatable bonds is 6. The Morgan fingerprint density at radius 2 is 2.11 bits per heavy atom. The summed E-state index contributed by atoms with van der Waals surface area (Å²) in [5.41, 5.74) is 0.533. The first-order valence-electron chi connectivity index (χ1n) is 5.93. The SMILES string of the molecule is COc1ccc(CC(O)CC(C)C)c([N+](=O)[O-])c1. The average molecular weight is 253 g/mol. The summed E-state index contributed by atoms with van der Waals surface area (Å²) in [7, 11) is 1.46. The van der Waals surface area contributed by atoms with Crippen molar-refractivity contribution in [2.45, 2.75) is 32.8 Å². The number of aliphatic hydroxyl groups excluding tert-OH is 1. The fourth-order valence-electron chi connectivity index (χ4n) is 1.89. The maximum atomic E-state index is 11.0. The van der Waals surface area contributed by atoms with Gasteiger partial charge in [0.1, 0.15) is 5.75 Å². The van der Waals surface area contributed by atoms with Crippen LogP contribution in [0.1, 0.15) is 25.8 Å². The Labute approximate surface area is 107 Å². The molecule has 5 nitrogen and oxygen atoms in total. The third kappa shape index (κ3) is 4.00. The molecule has 1 atom stereocenters. The van der Waals surface area contributed by atoms with Gasteiger partial charge in [0.2, 0.25) is 0 Å². The van der Waals surface area contributed by atoms with E-state index in [1.807, 2.05) is 13.8 Å². The van der Waals surface area contributed by atoms with Crippen molar-refractivity contribution < 1.29 is 14.8 Å². The van der Waals surface area contributed by atoms with E-state index in [1.54, 1.807) is 12.1 Å². The van der Waals surface area contributed by atoms with Gasteiger partial charge in [-0.15, -0.1) is 0 Å². The van der Waals surface area contributed by atoms with Gasteiger partial charge in [-0.25, -0.2) is 0 Å². The van der Waals surface area contributed by atoms with Gasteiger partial charge in [0, 0.05) is 12.0 Å². The van der Waals surface area contributed by atoms with Crippen molar-refractivity contribution in [1.82, 2.24) is 0 Å². The molecule has 0 spiro atoms. The Balaban J connectivity index is 2.90. The molecule has 1 unspecified atom stereocenters. The van der Waals surface area contributed by atoms with Gasteiger partial charge in [-0.3, -0.25) is 10.1 Å². The number of hydrogen-bond donors (Lipinski definition) is 1. The van der Waals surface area contributed by atoms with Crippen LogP contribution < -0.4 is 4.74 Å². The molecule has 0 aliphatic heterocycles. The fourth-order valence-corrected chi connectivity index (χ4v) is 1.89. The Morgan fingerprint density at radius 3 is 2.61 bits per heavy atom. The van der Waals surface area contributed by atoms with Gasteiger partial charge < -0.3 is 9.84 Å². The van der Waals surface area contributed by atoms with Crippen LogP contribution in [-0.2, 0) is 6.42 Å². The monoisotopic (exact) mass is 253 g/mol. The van der Waals surface area contributed by atoms with Gasteiger partial charge in [0.05, 0.1) is 24.2 Å². The second-order valence-corrected chi connectivity index (χ2v) is 4.74. The molecule has 0 aromatic heterocycles. The third-order valence-electron chi connectivity index (χ3n) is 2.69. The smallest absolute Gasteiger partial charge is 0.276 e. The van der Waals surface area contributed by atoms with Crippen LogP contribution in [-0.4, -0.2) is 23.2 Å². The van der Waals surface area contributed by atoms with Gasteiger partial charge in [-0.1, -0.05) is 13.8 Å². The lowest BCUT2D eigenvalue weighted by Crippen LogP contribution is -2.14. The predicted octanol–water partition coefficient (Wildman–Crippen LogP) is 2.55. The van der Waals surface area contributed by atoms with Crippen molar-refractivity contribution in [3.05, 3.63) is 33.9 Å². The van der Waals surface area contributed by atoms with Gasteiger partial charge in [0.15, 0.2) is 0 Å². The van der Waals surface area contributed by atoms with Gasteiger partial charge in [0.25, 0.3) is 5.69 Å². The molecule has 18 heavy (non-hydrogen) atoms. The Morgan fingerprint density at radius 1 is 1.44 bits per heavy atom. The summed E-state index contributed by atoms with van der Waals surface area (Å²) >= 11 is 0. The summed E-state index contributed by atoms with van der Waals surface area (Å²) in [5.74, 6) is 0.807. The summed E-state index contributed by atoms with van der Waals surface area (Å²) in [5, 5.41) is 20.8. The highest BCUT2D eigenvalue weighted by Crippen LogP contribution is 2.26. The summed E-state index contributed by atoms with van der Waals surface area (Å²) < 4.78 is 4.96. The van der Waals surface area contributed by atoms with Gasteiger partial charge >= 0.3 is 0 Å². The van der Waals surface area contributed by atoms with E-state index in [0.29, 0.717) is 30.1 Å². The largest absolute Gasteiger partial charge is 0.497 e. The van der Waals surface area contributed by atoms with Crippen molar-refractivity contribution in [3.8, 4) is 5.75 Å². The van der Waals surface area contributed by atoms with Crippen molar-refractivity contribution in [2.24, 2.45) is 5.92 Å². The molecular weight excluding hydrogens is 234 g/mol. The Bertz CT molecular complexity index is 417. The first-order chi connectivity index (χ1) is 8.43. The molecule has 100 valence electrons. The number of nitro benzene ring substituents is 1. The quantitative estimate of drug-likeness (QED) is 0.624. The molecule has 5 heteroatoms. The molecule has 0 saturated carbocycles. The van der Waals surface area contributed by atoms with E-state index in [1.165, 1.54) is 13.2 Å². The van der Waals surface area contributed by atoms with Crippen molar-refractivity contribution in [1.29, 1.82) is 0 Å². The normalized spacial score (nSPS) is 12.5. The topological polar surface area (TPSA) is 72.6 Å². The summed E-state index contributed by atoms with van der Waals surface area (Å²) in [6.45, 7) is 4.01. The Kier molecular flexibility index (Phi) is 5.09. The Hall–Kier alpha value is -1.62. The lowest BCUT2D eigenvalue weighted by atomic mass is 9.98. The molecule has 1 aromatic rings. The van der Waals surface area contributed by atoms with Crippen molar-refractivity contribution in [2.75, 3.05) is 7.11 Å². The number of methoxy groups -OCH3 is 1. The van der Waals surface area contributed by atoms with Crippen molar-refractivity contribution in [3.63, 3.8) is 0 Å². The minimum absolute atomic E-state index is 0.00263. The summed E-state index contributed by atoms with van der Waals surface area (Å²) in [6, 6.07) is 4.70. The van der Waals surface area contributed by atoms with E-state index in [9.17, 15) is 15.2 Å². The van der Waals surface area contributed by atoms with Crippen LogP contribution >= 0.6 is 0 Å². The highest BCUT2D eigenvalue weighted by Gasteiger charge is 2.18. The molecular formula is C13H19NO4. The van der Waals surface area contributed by atoms with E-state index in [0.717, 1.165) is 0 Å². The molecule has 1 N–H and O–H groups in total. The molecule has 0 bridgehead atoms. The molecule has 0 heterocycles. The minimum atomic E-state index is -0.558. The number of aliphatic hydroxyl groups is 1. The number of nitro groups is 1. The molecule has 0 fully saturated rings.